The van der Waals surface area contributed by atoms with Crippen molar-refractivity contribution in [2.24, 2.45) is 23.5 Å². The molecule has 2 N–H and O–H groups in total. The van der Waals surface area contributed by atoms with E-state index in [2.05, 4.69) is 0 Å². The average Bonchev–Trinajstić information content (AvgIpc) is 2.17. The summed E-state index contributed by atoms with van der Waals surface area (Å²) in [4.78, 5) is 11.6. The molecule has 2 aliphatic carbocycles. The molecule has 4 atom stereocenters. The van der Waals surface area contributed by atoms with Crippen LogP contribution in [0.25, 0.3) is 0 Å². The molecule has 0 aromatic rings. The number of rotatable bonds is 2. The Morgan fingerprint density at radius 3 is 2.64 bits per heavy atom. The third kappa shape index (κ3) is 1.44. The van der Waals surface area contributed by atoms with Gasteiger partial charge in [0.25, 0.3) is 0 Å². The first-order chi connectivity index (χ1) is 6.75. The molecule has 14 heavy (non-hydrogen) atoms. The van der Waals surface area contributed by atoms with Crippen molar-refractivity contribution in [1.29, 1.82) is 0 Å². The second-order valence-corrected chi connectivity index (χ2v) is 4.47. The quantitative estimate of drug-likeness (QED) is 0.679. The summed E-state index contributed by atoms with van der Waals surface area (Å²) in [5, 5.41) is 0. The van der Waals surface area contributed by atoms with Crippen LogP contribution >= 0.6 is 0 Å². The van der Waals surface area contributed by atoms with Crippen LogP contribution in [0.4, 0.5) is 0 Å². The molecule has 0 bridgehead atoms. The van der Waals surface area contributed by atoms with Crippen molar-refractivity contribution in [3.8, 4) is 0 Å². The maximum absolute atomic E-state index is 11.6. The Balaban J connectivity index is 1.96. The number of hydrogen-bond donors (Lipinski definition) is 1. The summed E-state index contributed by atoms with van der Waals surface area (Å²) in [6.45, 7) is 2.32. The van der Waals surface area contributed by atoms with E-state index in [0.29, 0.717) is 18.4 Å². The predicted molar refractivity (Wildman–Crippen MR) is 53.5 cm³/mol. The van der Waals surface area contributed by atoms with E-state index >= 15 is 0 Å². The van der Waals surface area contributed by atoms with E-state index in [4.69, 9.17) is 10.5 Å². The number of ether oxygens (including phenoxy) is 1. The third-order valence-corrected chi connectivity index (χ3v) is 3.80. The normalized spacial score (nSPS) is 41.0. The molecule has 3 nitrogen and oxygen atoms in total. The molecule has 0 aromatic carbocycles. The zero-order valence-corrected chi connectivity index (χ0v) is 8.74. The largest absolute Gasteiger partial charge is 0.466 e. The zero-order valence-electron chi connectivity index (χ0n) is 8.74. The molecule has 80 valence electrons. The fourth-order valence-corrected chi connectivity index (χ4v) is 3.09. The summed E-state index contributed by atoms with van der Waals surface area (Å²) in [5.41, 5.74) is 6.01. The lowest BCUT2D eigenvalue weighted by Crippen LogP contribution is -2.60. The lowest BCUT2D eigenvalue weighted by atomic mass is 9.55. The number of carbonyl (C=O) groups is 1. The molecule has 2 rings (SSSR count). The van der Waals surface area contributed by atoms with E-state index in [-0.39, 0.29) is 17.9 Å². The Morgan fingerprint density at radius 2 is 2.00 bits per heavy atom. The Bertz CT molecular complexity index is 229. The molecule has 0 radical (unpaired) electrons. The molecule has 0 saturated heterocycles. The minimum absolute atomic E-state index is 0.000231. The lowest BCUT2D eigenvalue weighted by Gasteiger charge is -2.51. The first-order valence-electron chi connectivity index (χ1n) is 5.68. The van der Waals surface area contributed by atoms with Crippen LogP contribution in [0.15, 0.2) is 0 Å². The van der Waals surface area contributed by atoms with Gasteiger partial charge in [0.15, 0.2) is 0 Å². The van der Waals surface area contributed by atoms with Gasteiger partial charge in [-0.25, -0.2) is 0 Å². The summed E-state index contributed by atoms with van der Waals surface area (Å²) in [5.74, 6) is 1.05. The first-order valence-corrected chi connectivity index (χ1v) is 5.68. The van der Waals surface area contributed by atoms with Crippen molar-refractivity contribution in [2.45, 2.75) is 38.6 Å². The second-order valence-electron chi connectivity index (χ2n) is 4.47. The summed E-state index contributed by atoms with van der Waals surface area (Å²) < 4.78 is 5.05. The highest BCUT2D eigenvalue weighted by Gasteiger charge is 2.52. The third-order valence-electron chi connectivity index (χ3n) is 3.80. The minimum Gasteiger partial charge on any atom is -0.466 e. The van der Waals surface area contributed by atoms with E-state index in [9.17, 15) is 4.79 Å². The van der Waals surface area contributed by atoms with E-state index in [1.54, 1.807) is 0 Å². The maximum Gasteiger partial charge on any atom is 0.310 e. The number of hydrogen-bond acceptors (Lipinski definition) is 3. The van der Waals surface area contributed by atoms with Gasteiger partial charge in [0.2, 0.25) is 0 Å². The van der Waals surface area contributed by atoms with Crippen molar-refractivity contribution in [2.75, 3.05) is 6.61 Å². The standard InChI is InChI=1S/C11H19NO2/c1-2-14-11(13)9-7-5-3-4-6-8(7)10(9)12/h7-10H,2-6,12H2,1H3. The van der Waals surface area contributed by atoms with E-state index in [1.165, 1.54) is 25.7 Å². The van der Waals surface area contributed by atoms with Crippen molar-refractivity contribution >= 4 is 5.97 Å². The van der Waals surface area contributed by atoms with Crippen molar-refractivity contribution in [3.63, 3.8) is 0 Å². The van der Waals surface area contributed by atoms with Gasteiger partial charge in [-0.15, -0.1) is 0 Å². The van der Waals surface area contributed by atoms with E-state index in [1.807, 2.05) is 6.92 Å². The molecule has 0 heterocycles. The van der Waals surface area contributed by atoms with Crippen LogP contribution in [0.2, 0.25) is 0 Å². The molecular formula is C11H19NO2. The Labute approximate surface area is 85.0 Å². The smallest absolute Gasteiger partial charge is 0.310 e. The molecule has 0 spiro atoms. The van der Waals surface area contributed by atoms with Crippen LogP contribution < -0.4 is 5.73 Å². The highest BCUT2D eigenvalue weighted by atomic mass is 16.5. The molecule has 4 unspecified atom stereocenters. The number of nitrogens with two attached hydrogens (primary N) is 1. The SMILES string of the molecule is CCOC(=O)C1C(N)C2CCCCC21. The predicted octanol–water partition coefficient (Wildman–Crippen LogP) is 1.31. The highest BCUT2D eigenvalue weighted by molar-refractivity contribution is 5.75. The molecule has 2 fully saturated rings. The fraction of sp³-hybridized carbons (Fsp3) is 0.909. The van der Waals surface area contributed by atoms with Gasteiger partial charge in [-0.2, -0.15) is 0 Å². The summed E-state index contributed by atoms with van der Waals surface area (Å²) >= 11 is 0. The van der Waals surface area contributed by atoms with Crippen LogP contribution in [-0.4, -0.2) is 18.6 Å². The average molecular weight is 197 g/mol. The molecule has 2 saturated carbocycles. The summed E-state index contributed by atoms with van der Waals surface area (Å²) in [6, 6.07) is 0.0688. The molecular weight excluding hydrogens is 178 g/mol. The Morgan fingerprint density at radius 1 is 1.36 bits per heavy atom. The topological polar surface area (TPSA) is 52.3 Å². The molecule has 2 aliphatic rings. The first kappa shape index (κ1) is 9.97. The van der Waals surface area contributed by atoms with Gasteiger partial charge in [-0.1, -0.05) is 12.8 Å². The van der Waals surface area contributed by atoms with Crippen LogP contribution in [0, 0.1) is 17.8 Å². The van der Waals surface area contributed by atoms with Gasteiger partial charge in [0, 0.05) is 6.04 Å². The van der Waals surface area contributed by atoms with Gasteiger partial charge >= 0.3 is 5.97 Å². The van der Waals surface area contributed by atoms with E-state index in [0.717, 1.165) is 0 Å². The fourth-order valence-electron chi connectivity index (χ4n) is 3.09. The van der Waals surface area contributed by atoms with Crippen LogP contribution in [-0.2, 0) is 9.53 Å². The molecule has 0 aromatic heterocycles. The second kappa shape index (κ2) is 3.89. The van der Waals surface area contributed by atoms with E-state index < -0.39 is 0 Å². The van der Waals surface area contributed by atoms with Crippen molar-refractivity contribution in [3.05, 3.63) is 0 Å². The molecule has 0 aliphatic heterocycles. The Kier molecular flexibility index (Phi) is 2.77. The monoisotopic (exact) mass is 197 g/mol. The molecule has 3 heteroatoms. The zero-order chi connectivity index (χ0) is 10.1. The van der Waals surface area contributed by atoms with Crippen molar-refractivity contribution in [1.82, 2.24) is 0 Å². The van der Waals surface area contributed by atoms with Gasteiger partial charge in [-0.3, -0.25) is 4.79 Å². The minimum atomic E-state index is -0.0665. The summed E-state index contributed by atoms with van der Waals surface area (Å²) in [6.07, 6.45) is 4.91. The van der Waals surface area contributed by atoms with Gasteiger partial charge in [-0.05, 0) is 31.6 Å². The van der Waals surface area contributed by atoms with Gasteiger partial charge in [0.05, 0.1) is 12.5 Å². The number of fused-ring (bicyclic) bond motifs is 1. The highest BCUT2D eigenvalue weighted by Crippen LogP contribution is 2.48. The van der Waals surface area contributed by atoms with Crippen molar-refractivity contribution < 1.29 is 9.53 Å². The number of carbonyl (C=O) groups excluding carboxylic acids is 1. The lowest BCUT2D eigenvalue weighted by molar-refractivity contribution is -0.161. The van der Waals surface area contributed by atoms with Gasteiger partial charge in [0.1, 0.15) is 0 Å². The maximum atomic E-state index is 11.6. The van der Waals surface area contributed by atoms with Crippen LogP contribution in [0.1, 0.15) is 32.6 Å². The van der Waals surface area contributed by atoms with Gasteiger partial charge < -0.3 is 10.5 Å². The Hall–Kier alpha value is -0.570. The number of esters is 1. The van der Waals surface area contributed by atoms with Crippen LogP contribution in [0.5, 0.6) is 0 Å². The molecule has 0 amide bonds. The van der Waals surface area contributed by atoms with Crippen LogP contribution in [0.3, 0.4) is 0 Å². The summed E-state index contributed by atoms with van der Waals surface area (Å²) in [7, 11) is 0.